The quantitative estimate of drug-likeness (QED) is 0.307. The summed E-state index contributed by atoms with van der Waals surface area (Å²) in [6, 6.07) is 10.2. The van der Waals surface area contributed by atoms with Gasteiger partial charge in [0.05, 0.1) is 40.1 Å². The molecule has 3 aromatic rings. The highest BCUT2D eigenvalue weighted by Crippen LogP contribution is 2.47. The molecule has 0 aliphatic carbocycles. The topological polar surface area (TPSA) is 121 Å². The number of ether oxygens (including phenoxy) is 4. The van der Waals surface area contributed by atoms with E-state index < -0.39 is 17.7 Å². The molecule has 10 nitrogen and oxygen atoms in total. The summed E-state index contributed by atoms with van der Waals surface area (Å²) in [5.41, 5.74) is 0.627. The van der Waals surface area contributed by atoms with E-state index in [2.05, 4.69) is 5.16 Å². The second kappa shape index (κ2) is 9.41. The van der Waals surface area contributed by atoms with E-state index in [1.807, 2.05) is 0 Å². The number of aliphatic hydroxyl groups excluding tert-OH is 1. The molecule has 1 fully saturated rings. The zero-order valence-corrected chi connectivity index (χ0v) is 19.8. The highest BCUT2D eigenvalue weighted by Gasteiger charge is 2.48. The lowest BCUT2D eigenvalue weighted by Crippen LogP contribution is -2.29. The number of nitrogens with zero attached hydrogens (tertiary/aromatic N) is 2. The predicted molar refractivity (Wildman–Crippen MR) is 125 cm³/mol. The van der Waals surface area contributed by atoms with Gasteiger partial charge in [0.1, 0.15) is 17.3 Å². The smallest absolute Gasteiger partial charge is 0.301 e. The SMILES string of the molecule is COc1ccc(/C(O)=C2\C(=O)C(=O)N(c3cc(C)on3)[C@H]2c2cc(OC)c(OC)c(OC)c2)cc1. The van der Waals surface area contributed by atoms with Crippen LogP contribution in [0.25, 0.3) is 5.76 Å². The van der Waals surface area contributed by atoms with E-state index in [9.17, 15) is 14.7 Å². The molecule has 1 saturated heterocycles. The fourth-order valence-corrected chi connectivity index (χ4v) is 4.01. The van der Waals surface area contributed by atoms with E-state index in [4.69, 9.17) is 23.5 Å². The molecular formula is C25H24N2O8. The highest BCUT2D eigenvalue weighted by molar-refractivity contribution is 6.51. The Morgan fingerprint density at radius 1 is 0.943 bits per heavy atom. The first-order valence-electron chi connectivity index (χ1n) is 10.5. The number of aliphatic hydroxyl groups is 1. The van der Waals surface area contributed by atoms with Crippen molar-refractivity contribution in [2.24, 2.45) is 0 Å². The molecule has 0 radical (unpaired) electrons. The Kier molecular flexibility index (Phi) is 6.37. The van der Waals surface area contributed by atoms with Crippen molar-refractivity contribution >= 4 is 23.3 Å². The van der Waals surface area contributed by atoms with Gasteiger partial charge in [-0.25, -0.2) is 0 Å². The molecule has 0 bridgehead atoms. The van der Waals surface area contributed by atoms with Gasteiger partial charge in [0.25, 0.3) is 5.78 Å². The van der Waals surface area contributed by atoms with Gasteiger partial charge in [-0.05, 0) is 48.9 Å². The Labute approximate surface area is 201 Å². The predicted octanol–water partition coefficient (Wildman–Crippen LogP) is 3.64. The Morgan fingerprint density at radius 2 is 1.57 bits per heavy atom. The fourth-order valence-electron chi connectivity index (χ4n) is 4.01. The van der Waals surface area contributed by atoms with Crippen molar-refractivity contribution < 1.29 is 38.2 Å². The van der Waals surface area contributed by atoms with Gasteiger partial charge in [-0.1, -0.05) is 5.16 Å². The number of amides is 1. The number of carbonyl (C=O) groups is 2. The van der Waals surface area contributed by atoms with Gasteiger partial charge >= 0.3 is 5.91 Å². The van der Waals surface area contributed by atoms with E-state index >= 15 is 0 Å². The van der Waals surface area contributed by atoms with Gasteiger partial charge in [-0.15, -0.1) is 0 Å². The van der Waals surface area contributed by atoms with Crippen LogP contribution in [0.2, 0.25) is 0 Å². The number of anilines is 1. The maximum atomic E-state index is 13.3. The van der Waals surface area contributed by atoms with Crippen molar-refractivity contribution in [3.63, 3.8) is 0 Å². The lowest BCUT2D eigenvalue weighted by atomic mass is 9.94. The third kappa shape index (κ3) is 4.03. The number of benzene rings is 2. The van der Waals surface area contributed by atoms with Gasteiger partial charge in [-0.2, -0.15) is 0 Å². The van der Waals surface area contributed by atoms with Crippen LogP contribution in [0.3, 0.4) is 0 Å². The monoisotopic (exact) mass is 480 g/mol. The van der Waals surface area contributed by atoms with Crippen LogP contribution in [0, 0.1) is 6.92 Å². The Bertz CT molecular complexity index is 1280. The molecule has 1 aromatic heterocycles. The molecule has 4 rings (SSSR count). The lowest BCUT2D eigenvalue weighted by molar-refractivity contribution is -0.132. The van der Waals surface area contributed by atoms with E-state index in [-0.39, 0.29) is 17.2 Å². The molecule has 35 heavy (non-hydrogen) atoms. The van der Waals surface area contributed by atoms with Crippen LogP contribution in [0.5, 0.6) is 23.0 Å². The molecule has 1 amide bonds. The Morgan fingerprint density at radius 3 is 2.06 bits per heavy atom. The van der Waals surface area contributed by atoms with Gasteiger partial charge in [-0.3, -0.25) is 14.5 Å². The van der Waals surface area contributed by atoms with Crippen LogP contribution in [0.4, 0.5) is 5.82 Å². The van der Waals surface area contributed by atoms with Crippen LogP contribution in [-0.2, 0) is 9.59 Å². The number of methoxy groups -OCH3 is 4. The number of aryl methyl sites for hydroxylation is 1. The van der Waals surface area contributed by atoms with Crippen molar-refractivity contribution in [3.8, 4) is 23.0 Å². The molecular weight excluding hydrogens is 456 g/mol. The minimum absolute atomic E-state index is 0.122. The first-order valence-corrected chi connectivity index (χ1v) is 10.5. The van der Waals surface area contributed by atoms with Crippen molar-refractivity contribution in [2.75, 3.05) is 33.3 Å². The van der Waals surface area contributed by atoms with Gasteiger partial charge in [0.2, 0.25) is 5.75 Å². The van der Waals surface area contributed by atoms with Crippen LogP contribution in [-0.4, -0.2) is 50.4 Å². The van der Waals surface area contributed by atoms with Gasteiger partial charge in [0, 0.05) is 11.6 Å². The minimum Gasteiger partial charge on any atom is -0.507 e. The molecule has 1 aliphatic rings. The van der Waals surface area contributed by atoms with E-state index in [0.717, 1.165) is 0 Å². The maximum Gasteiger partial charge on any atom is 0.301 e. The van der Waals surface area contributed by atoms with Crippen LogP contribution >= 0.6 is 0 Å². The van der Waals surface area contributed by atoms with Gasteiger partial charge in [0.15, 0.2) is 17.3 Å². The van der Waals surface area contributed by atoms with E-state index in [1.54, 1.807) is 43.3 Å². The number of hydrogen-bond donors (Lipinski definition) is 1. The highest BCUT2D eigenvalue weighted by atomic mass is 16.5. The van der Waals surface area contributed by atoms with Crippen LogP contribution < -0.4 is 23.8 Å². The zero-order valence-electron chi connectivity index (χ0n) is 19.8. The Balaban J connectivity index is 1.98. The first-order chi connectivity index (χ1) is 16.8. The average Bonchev–Trinajstić information content (AvgIpc) is 3.42. The molecule has 2 heterocycles. The van der Waals surface area contributed by atoms with Crippen LogP contribution in [0.15, 0.2) is 52.6 Å². The molecule has 10 heteroatoms. The summed E-state index contributed by atoms with van der Waals surface area (Å²) in [5.74, 6) is 0.000891. The summed E-state index contributed by atoms with van der Waals surface area (Å²) in [6.07, 6.45) is 0. The Hall–Kier alpha value is -4.47. The number of rotatable bonds is 7. The normalized spacial score (nSPS) is 16.9. The number of ketones is 1. The van der Waals surface area contributed by atoms with Crippen molar-refractivity contribution in [1.29, 1.82) is 0 Å². The lowest BCUT2D eigenvalue weighted by Gasteiger charge is -2.24. The first kappa shape index (κ1) is 23.7. The molecule has 1 atom stereocenters. The summed E-state index contributed by atoms with van der Waals surface area (Å²) in [7, 11) is 5.89. The van der Waals surface area contributed by atoms with Crippen molar-refractivity contribution in [2.45, 2.75) is 13.0 Å². The van der Waals surface area contributed by atoms with Gasteiger partial charge < -0.3 is 28.6 Å². The number of hydrogen-bond acceptors (Lipinski definition) is 9. The summed E-state index contributed by atoms with van der Waals surface area (Å²) < 4.78 is 26.7. The maximum absolute atomic E-state index is 13.3. The summed E-state index contributed by atoms with van der Waals surface area (Å²) in [6.45, 7) is 1.67. The molecule has 0 unspecified atom stereocenters. The standard InChI is InChI=1S/C25H24N2O8/c1-13-10-19(26-35-13)27-21(15-11-17(32-3)24(34-5)18(12-15)33-4)20(23(29)25(27)30)22(28)14-6-8-16(31-2)9-7-14/h6-12,21,28H,1-5H3/b22-20+/t21-/m0/s1. The summed E-state index contributed by atoms with van der Waals surface area (Å²) >= 11 is 0. The summed E-state index contributed by atoms with van der Waals surface area (Å²) in [5, 5.41) is 15.2. The van der Waals surface area contributed by atoms with E-state index in [0.29, 0.717) is 39.9 Å². The second-order valence-electron chi connectivity index (χ2n) is 7.65. The molecule has 0 saturated carbocycles. The molecule has 1 aliphatic heterocycles. The third-order valence-corrected chi connectivity index (χ3v) is 5.67. The number of Topliss-reactive ketones (excluding diaryl/α,β-unsaturated/α-hetero) is 1. The van der Waals surface area contributed by atoms with E-state index in [1.165, 1.54) is 39.4 Å². The largest absolute Gasteiger partial charge is 0.507 e. The van der Waals surface area contributed by atoms with Crippen molar-refractivity contribution in [1.82, 2.24) is 5.16 Å². The summed E-state index contributed by atoms with van der Waals surface area (Å²) in [4.78, 5) is 27.7. The molecule has 1 N–H and O–H groups in total. The van der Waals surface area contributed by atoms with Crippen LogP contribution in [0.1, 0.15) is 22.9 Å². The second-order valence-corrected chi connectivity index (χ2v) is 7.65. The number of carbonyl (C=O) groups excluding carboxylic acids is 2. The third-order valence-electron chi connectivity index (χ3n) is 5.67. The molecule has 0 spiro atoms. The fraction of sp³-hybridized carbons (Fsp3) is 0.240. The minimum atomic E-state index is -1.06. The molecule has 182 valence electrons. The zero-order chi connectivity index (χ0) is 25.3. The average molecular weight is 480 g/mol. The molecule has 2 aromatic carbocycles. The number of aromatic nitrogens is 1. The van der Waals surface area contributed by atoms with Crippen molar-refractivity contribution in [3.05, 3.63) is 64.9 Å².